The molecule has 1 aliphatic carbocycles. The number of hydrogen-bond acceptors (Lipinski definition) is 5. The van der Waals surface area contributed by atoms with Crippen LogP contribution in [0.25, 0.3) is 17.0 Å². The smallest absolute Gasteiger partial charge is 0.261 e. The van der Waals surface area contributed by atoms with Gasteiger partial charge in [0.15, 0.2) is 5.65 Å². The third-order valence-corrected chi connectivity index (χ3v) is 5.26. The first-order valence-corrected chi connectivity index (χ1v) is 9.99. The van der Waals surface area contributed by atoms with Crippen molar-refractivity contribution in [2.24, 2.45) is 0 Å². The van der Waals surface area contributed by atoms with Crippen molar-refractivity contribution in [2.75, 3.05) is 19.0 Å². The van der Waals surface area contributed by atoms with Gasteiger partial charge in [-0.05, 0) is 31.0 Å². The second-order valence-corrected chi connectivity index (χ2v) is 7.43. The van der Waals surface area contributed by atoms with Crippen molar-refractivity contribution in [1.29, 1.82) is 0 Å². The number of nitrogens with zero attached hydrogens (tertiary/aromatic N) is 5. The first-order valence-electron chi connectivity index (χ1n) is 9.99. The molecular formula is C22H22N6O2. The minimum atomic E-state index is -0.231. The summed E-state index contributed by atoms with van der Waals surface area (Å²) in [6.07, 6.45) is 9.43. The van der Waals surface area contributed by atoms with Gasteiger partial charge in [0, 0.05) is 55.1 Å². The summed E-state index contributed by atoms with van der Waals surface area (Å²) in [6.45, 7) is 1.31. The molecule has 1 aliphatic rings. The molecule has 3 aromatic heterocycles. The van der Waals surface area contributed by atoms with Crippen LogP contribution in [-0.2, 0) is 11.3 Å². The normalized spacial score (nSPS) is 13.6. The Morgan fingerprint density at radius 2 is 2.17 bits per heavy atom. The molecule has 0 spiro atoms. The molecule has 1 amide bonds. The second kappa shape index (κ2) is 7.72. The highest BCUT2D eigenvalue weighted by Crippen LogP contribution is 2.39. The summed E-state index contributed by atoms with van der Waals surface area (Å²) < 4.78 is 8.84. The Kier molecular flexibility index (Phi) is 4.76. The summed E-state index contributed by atoms with van der Waals surface area (Å²) >= 11 is 0. The molecule has 0 saturated heterocycles. The standard InChI is InChI=1S/C22H22N6O2/c1-30-12-11-27-10-8-23-20(27)16-3-2-4-17(13-16)25-22(29)18-14-24-28-9-7-19(15-5-6-15)26-21(18)28/h2-4,7-10,13-15H,5-6,11-12H2,1H3,(H,25,29). The first kappa shape index (κ1) is 18.5. The van der Waals surface area contributed by atoms with Crippen molar-refractivity contribution < 1.29 is 9.53 Å². The molecule has 5 rings (SSSR count). The third-order valence-electron chi connectivity index (χ3n) is 5.26. The van der Waals surface area contributed by atoms with Crippen LogP contribution in [0.3, 0.4) is 0 Å². The van der Waals surface area contributed by atoms with Gasteiger partial charge in [0.1, 0.15) is 11.4 Å². The van der Waals surface area contributed by atoms with Crippen molar-refractivity contribution in [1.82, 2.24) is 24.1 Å². The van der Waals surface area contributed by atoms with Crippen LogP contribution in [0.4, 0.5) is 5.69 Å². The zero-order chi connectivity index (χ0) is 20.5. The molecule has 152 valence electrons. The van der Waals surface area contributed by atoms with E-state index in [1.165, 1.54) is 0 Å². The number of imidazole rings is 1. The lowest BCUT2D eigenvalue weighted by Gasteiger charge is -2.09. The predicted molar refractivity (Wildman–Crippen MR) is 112 cm³/mol. The van der Waals surface area contributed by atoms with Gasteiger partial charge in [0.05, 0.1) is 12.8 Å². The van der Waals surface area contributed by atoms with Crippen LogP contribution >= 0.6 is 0 Å². The first-order chi connectivity index (χ1) is 14.7. The highest BCUT2D eigenvalue weighted by Gasteiger charge is 2.26. The highest BCUT2D eigenvalue weighted by atomic mass is 16.5. The maximum Gasteiger partial charge on any atom is 0.261 e. The van der Waals surface area contributed by atoms with Gasteiger partial charge in [0.2, 0.25) is 0 Å². The van der Waals surface area contributed by atoms with Crippen molar-refractivity contribution in [3.63, 3.8) is 0 Å². The van der Waals surface area contributed by atoms with E-state index in [-0.39, 0.29) is 5.91 Å². The maximum absolute atomic E-state index is 13.0. The Labute approximate surface area is 173 Å². The molecule has 0 atom stereocenters. The van der Waals surface area contributed by atoms with Crippen molar-refractivity contribution in [2.45, 2.75) is 25.3 Å². The SMILES string of the molecule is COCCn1ccnc1-c1cccc(NC(=O)c2cnn3ccc(C4CC4)nc23)c1. The average Bonchev–Trinajstić information content (AvgIpc) is 3.36. The fraction of sp³-hybridized carbons (Fsp3) is 0.273. The minimum Gasteiger partial charge on any atom is -0.383 e. The largest absolute Gasteiger partial charge is 0.383 e. The number of aromatic nitrogens is 5. The molecule has 0 bridgehead atoms. The minimum absolute atomic E-state index is 0.231. The molecule has 8 nitrogen and oxygen atoms in total. The number of benzene rings is 1. The number of carbonyl (C=O) groups is 1. The monoisotopic (exact) mass is 402 g/mol. The van der Waals surface area contributed by atoms with Gasteiger partial charge in [-0.1, -0.05) is 12.1 Å². The Bertz CT molecular complexity index is 1210. The molecular weight excluding hydrogens is 380 g/mol. The molecule has 1 fully saturated rings. The number of nitrogens with one attached hydrogen (secondary N) is 1. The molecule has 8 heteroatoms. The van der Waals surface area contributed by atoms with E-state index in [2.05, 4.69) is 20.4 Å². The number of anilines is 1. The second-order valence-electron chi connectivity index (χ2n) is 7.43. The lowest BCUT2D eigenvalue weighted by Crippen LogP contribution is -2.12. The van der Waals surface area contributed by atoms with Gasteiger partial charge < -0.3 is 14.6 Å². The van der Waals surface area contributed by atoms with E-state index in [0.29, 0.717) is 36.0 Å². The Balaban J connectivity index is 1.39. The van der Waals surface area contributed by atoms with Gasteiger partial charge >= 0.3 is 0 Å². The molecule has 0 unspecified atom stereocenters. The molecule has 30 heavy (non-hydrogen) atoms. The Morgan fingerprint density at radius 1 is 1.27 bits per heavy atom. The quantitative estimate of drug-likeness (QED) is 0.512. The Morgan fingerprint density at radius 3 is 3.00 bits per heavy atom. The van der Waals surface area contributed by atoms with Crippen LogP contribution in [0.1, 0.15) is 34.8 Å². The summed E-state index contributed by atoms with van der Waals surface area (Å²) in [5, 5.41) is 7.24. The summed E-state index contributed by atoms with van der Waals surface area (Å²) in [5.41, 5.74) is 3.69. The van der Waals surface area contributed by atoms with Gasteiger partial charge in [0.25, 0.3) is 5.91 Å². The van der Waals surface area contributed by atoms with Crippen molar-refractivity contribution in [3.8, 4) is 11.4 Å². The number of rotatable bonds is 7. The van der Waals surface area contributed by atoms with Gasteiger partial charge in [-0.15, -0.1) is 0 Å². The molecule has 1 aromatic carbocycles. The lowest BCUT2D eigenvalue weighted by atomic mass is 10.1. The number of amides is 1. The topological polar surface area (TPSA) is 86.3 Å². The van der Waals surface area contributed by atoms with E-state index in [0.717, 1.165) is 29.9 Å². The van der Waals surface area contributed by atoms with Crippen LogP contribution in [-0.4, -0.2) is 43.8 Å². The number of methoxy groups -OCH3 is 1. The van der Waals surface area contributed by atoms with Gasteiger partial charge in [-0.3, -0.25) is 4.79 Å². The third kappa shape index (κ3) is 3.57. The van der Waals surface area contributed by atoms with Crippen LogP contribution < -0.4 is 5.32 Å². The zero-order valence-corrected chi connectivity index (χ0v) is 16.7. The van der Waals surface area contributed by atoms with Gasteiger partial charge in [-0.25, -0.2) is 14.5 Å². The molecule has 1 N–H and O–H groups in total. The van der Waals surface area contributed by atoms with Crippen LogP contribution in [0.5, 0.6) is 0 Å². The van der Waals surface area contributed by atoms with E-state index < -0.39 is 0 Å². The van der Waals surface area contributed by atoms with E-state index in [9.17, 15) is 4.79 Å². The fourth-order valence-corrected chi connectivity index (χ4v) is 3.52. The van der Waals surface area contributed by atoms with Crippen LogP contribution in [0.2, 0.25) is 0 Å². The number of hydrogen-bond donors (Lipinski definition) is 1. The predicted octanol–water partition coefficient (Wildman–Crippen LogP) is 3.37. The number of carbonyl (C=O) groups excluding carboxylic acids is 1. The van der Waals surface area contributed by atoms with Crippen LogP contribution in [0, 0.1) is 0 Å². The molecule has 0 radical (unpaired) electrons. The summed E-state index contributed by atoms with van der Waals surface area (Å²) in [5.74, 6) is 1.11. The number of ether oxygens (including phenoxy) is 1. The van der Waals surface area contributed by atoms with Crippen molar-refractivity contribution >= 4 is 17.2 Å². The Hall–Kier alpha value is -3.52. The summed E-state index contributed by atoms with van der Waals surface area (Å²) in [7, 11) is 1.68. The lowest BCUT2D eigenvalue weighted by molar-refractivity contribution is 0.102. The zero-order valence-electron chi connectivity index (χ0n) is 16.7. The highest BCUT2D eigenvalue weighted by molar-refractivity contribution is 6.08. The fourth-order valence-electron chi connectivity index (χ4n) is 3.52. The van der Waals surface area contributed by atoms with E-state index in [1.54, 1.807) is 24.0 Å². The molecule has 3 heterocycles. The molecule has 1 saturated carbocycles. The van der Waals surface area contributed by atoms with E-state index >= 15 is 0 Å². The summed E-state index contributed by atoms with van der Waals surface area (Å²) in [4.78, 5) is 22.1. The average molecular weight is 402 g/mol. The maximum atomic E-state index is 13.0. The van der Waals surface area contributed by atoms with E-state index in [1.807, 2.05) is 47.3 Å². The molecule has 4 aromatic rings. The molecule has 0 aliphatic heterocycles. The van der Waals surface area contributed by atoms with Crippen molar-refractivity contribution in [3.05, 3.63) is 66.4 Å². The number of fused-ring (bicyclic) bond motifs is 1. The van der Waals surface area contributed by atoms with Crippen LogP contribution in [0.15, 0.2) is 55.1 Å². The van der Waals surface area contributed by atoms with Gasteiger partial charge in [-0.2, -0.15) is 5.10 Å². The van der Waals surface area contributed by atoms with E-state index in [4.69, 9.17) is 4.74 Å². The summed E-state index contributed by atoms with van der Waals surface area (Å²) in [6, 6.07) is 9.63.